The van der Waals surface area contributed by atoms with Crippen LogP contribution in [0.25, 0.3) is 0 Å². The van der Waals surface area contributed by atoms with Crippen LogP contribution < -0.4 is 0 Å². The monoisotopic (exact) mass is 606 g/mol. The van der Waals surface area contributed by atoms with Crippen LogP contribution in [0.2, 0.25) is 10.0 Å². The molecular formula is C14H9Br2Cl2F4Na2O3P. The Morgan fingerprint density at radius 1 is 0.786 bits per heavy atom. The van der Waals surface area contributed by atoms with E-state index in [1.165, 1.54) is 0 Å². The number of hydrogen-bond acceptors (Lipinski definition) is 3. The van der Waals surface area contributed by atoms with Crippen molar-refractivity contribution >= 4 is 122 Å². The Labute approximate surface area is 229 Å². The van der Waals surface area contributed by atoms with Crippen LogP contribution in [-0.4, -0.2) is 59.1 Å². The normalized spacial score (nSPS) is 11.8. The first-order chi connectivity index (χ1) is 11.9. The molecule has 146 valence electrons. The summed E-state index contributed by atoms with van der Waals surface area (Å²) in [6, 6.07) is 6.36. The van der Waals surface area contributed by atoms with Crippen molar-refractivity contribution in [3.63, 3.8) is 0 Å². The Hall–Kier alpha value is 1.85. The SMILES string of the molecule is O=[PH](OC(F)(F)c1ccc(Cl)cc1Br)OC(F)(F)c1ccc(Cl)cc1Br.[NaH].[NaH]. The molecular weight excluding hydrogens is 600 g/mol. The van der Waals surface area contributed by atoms with Gasteiger partial charge in [-0.05, 0) is 36.4 Å². The summed E-state index contributed by atoms with van der Waals surface area (Å²) in [6.07, 6.45) is -8.32. The van der Waals surface area contributed by atoms with Crippen LogP contribution in [0.3, 0.4) is 0 Å². The first-order valence-electron chi connectivity index (χ1n) is 6.51. The van der Waals surface area contributed by atoms with Gasteiger partial charge in [-0.1, -0.05) is 55.1 Å². The van der Waals surface area contributed by atoms with Crippen LogP contribution in [-0.2, 0) is 25.8 Å². The molecule has 14 heteroatoms. The quantitative estimate of drug-likeness (QED) is 0.215. The van der Waals surface area contributed by atoms with Crippen LogP contribution in [0.15, 0.2) is 45.3 Å². The Balaban J connectivity index is 0.00000364. The Morgan fingerprint density at radius 3 is 1.39 bits per heavy atom. The van der Waals surface area contributed by atoms with Crippen molar-refractivity contribution in [3.05, 3.63) is 66.5 Å². The molecule has 28 heavy (non-hydrogen) atoms. The fourth-order valence-corrected chi connectivity index (χ4v) is 4.30. The van der Waals surface area contributed by atoms with Gasteiger partial charge >= 0.3 is 79.6 Å². The zero-order valence-electron chi connectivity index (χ0n) is 12.2. The molecule has 0 amide bonds. The van der Waals surface area contributed by atoms with Crippen LogP contribution in [0, 0.1) is 0 Å². The van der Waals surface area contributed by atoms with E-state index in [1.54, 1.807) is 0 Å². The second-order valence-electron chi connectivity index (χ2n) is 4.74. The zero-order valence-corrected chi connectivity index (χ0v) is 17.9. The van der Waals surface area contributed by atoms with E-state index in [9.17, 15) is 22.1 Å². The van der Waals surface area contributed by atoms with Crippen LogP contribution in [0.5, 0.6) is 0 Å². The van der Waals surface area contributed by atoms with E-state index in [-0.39, 0.29) is 78.1 Å². The molecule has 0 aromatic heterocycles. The van der Waals surface area contributed by atoms with E-state index >= 15 is 0 Å². The predicted molar refractivity (Wildman–Crippen MR) is 112 cm³/mol. The molecule has 0 spiro atoms. The van der Waals surface area contributed by atoms with Gasteiger partial charge in [-0.3, -0.25) is 4.57 Å². The van der Waals surface area contributed by atoms with Crippen LogP contribution in [0.4, 0.5) is 17.6 Å². The van der Waals surface area contributed by atoms with Gasteiger partial charge in [0, 0.05) is 19.0 Å². The molecule has 0 bridgehead atoms. The van der Waals surface area contributed by atoms with Crippen molar-refractivity contribution in [3.8, 4) is 0 Å². The molecule has 0 N–H and O–H groups in total. The van der Waals surface area contributed by atoms with E-state index in [0.717, 1.165) is 36.4 Å². The molecule has 0 radical (unpaired) electrons. The number of alkyl halides is 4. The van der Waals surface area contributed by atoms with Gasteiger partial charge in [0.15, 0.2) is 0 Å². The van der Waals surface area contributed by atoms with Crippen molar-refractivity contribution in [1.29, 1.82) is 0 Å². The van der Waals surface area contributed by atoms with Crippen LogP contribution >= 0.6 is 63.3 Å². The van der Waals surface area contributed by atoms with Crippen molar-refractivity contribution < 1.29 is 31.2 Å². The summed E-state index contributed by atoms with van der Waals surface area (Å²) < 4.78 is 75.6. The molecule has 3 nitrogen and oxygen atoms in total. The Bertz CT molecular complexity index is 798. The predicted octanol–water partition coefficient (Wildman–Crippen LogP) is 6.44. The van der Waals surface area contributed by atoms with Gasteiger partial charge in [0.05, 0.1) is 11.1 Å². The van der Waals surface area contributed by atoms with E-state index in [1.807, 2.05) is 0 Å². The van der Waals surface area contributed by atoms with Gasteiger partial charge in [-0.25, -0.2) is 9.05 Å². The van der Waals surface area contributed by atoms with Crippen LogP contribution in [0.1, 0.15) is 11.1 Å². The molecule has 0 saturated carbocycles. The van der Waals surface area contributed by atoms with Gasteiger partial charge in [-0.2, -0.15) is 17.6 Å². The number of benzene rings is 2. The maximum atomic E-state index is 14.1. The van der Waals surface area contributed by atoms with E-state index < -0.39 is 31.6 Å². The summed E-state index contributed by atoms with van der Waals surface area (Å²) in [5.74, 6) is 0. The molecule has 0 unspecified atom stereocenters. The topological polar surface area (TPSA) is 35.5 Å². The molecule has 0 atom stereocenters. The van der Waals surface area contributed by atoms with Crippen molar-refractivity contribution in [2.75, 3.05) is 0 Å². The Morgan fingerprint density at radius 2 is 1.11 bits per heavy atom. The molecule has 2 aromatic rings. The van der Waals surface area contributed by atoms with Crippen molar-refractivity contribution in [2.45, 2.75) is 12.2 Å². The van der Waals surface area contributed by atoms with Gasteiger partial charge in [0.1, 0.15) is 0 Å². The summed E-state index contributed by atoms with van der Waals surface area (Å²) in [7, 11) is -4.31. The Kier molecular flexibility index (Phi) is 13.0. The van der Waals surface area contributed by atoms with E-state index in [0.29, 0.717) is 0 Å². The second-order valence-corrected chi connectivity index (χ2v) is 8.23. The van der Waals surface area contributed by atoms with E-state index in [4.69, 9.17) is 23.2 Å². The third kappa shape index (κ3) is 8.08. The number of halogens is 8. The van der Waals surface area contributed by atoms with Gasteiger partial charge in [0.25, 0.3) is 0 Å². The molecule has 2 aromatic carbocycles. The second kappa shape index (κ2) is 12.2. The average Bonchev–Trinajstić information content (AvgIpc) is 2.44. The third-order valence-electron chi connectivity index (χ3n) is 2.91. The van der Waals surface area contributed by atoms with Crippen molar-refractivity contribution in [2.24, 2.45) is 0 Å². The first kappa shape index (κ1) is 29.9. The molecule has 0 aliphatic rings. The summed E-state index contributed by atoms with van der Waals surface area (Å²) in [5.41, 5.74) is -1.50. The minimum absolute atomic E-state index is 0. The van der Waals surface area contributed by atoms with Gasteiger partial charge in [-0.15, -0.1) is 0 Å². The zero-order chi connectivity index (χ0) is 19.7. The molecule has 0 aliphatic heterocycles. The first-order valence-corrected chi connectivity index (χ1v) is 10.1. The number of hydrogen-bond donors (Lipinski definition) is 0. The molecule has 2 rings (SSSR count). The third-order valence-corrected chi connectivity index (χ3v) is 5.54. The molecule has 0 fully saturated rings. The molecule has 0 aliphatic carbocycles. The fraction of sp³-hybridized carbons (Fsp3) is 0.143. The van der Waals surface area contributed by atoms with Gasteiger partial charge < -0.3 is 0 Å². The van der Waals surface area contributed by atoms with Gasteiger partial charge in [0.2, 0.25) is 0 Å². The average molecular weight is 609 g/mol. The van der Waals surface area contributed by atoms with E-state index in [2.05, 4.69) is 40.9 Å². The summed E-state index contributed by atoms with van der Waals surface area (Å²) in [4.78, 5) is 0. The minimum atomic E-state index is -4.31. The molecule has 0 heterocycles. The molecule has 0 saturated heterocycles. The summed E-state index contributed by atoms with van der Waals surface area (Å²) >= 11 is 17.0. The maximum absolute atomic E-state index is 14.1. The summed E-state index contributed by atoms with van der Waals surface area (Å²) in [6.45, 7) is 0. The fourth-order valence-electron chi connectivity index (χ4n) is 1.79. The standard InChI is InChI=1S/C14H7Br2Cl2F4O3P.2Na.2H/c15-11-5-7(17)1-3-9(11)13(19,20)24-26(23)25-14(21,22)10-4-2-8(18)6-12(10)16;;;;/h1-6,26H;;;;. The summed E-state index contributed by atoms with van der Waals surface area (Å²) in [5, 5.41) is 0.305. The number of rotatable bonds is 6. The van der Waals surface area contributed by atoms with Crippen molar-refractivity contribution in [1.82, 2.24) is 0 Å².